The summed E-state index contributed by atoms with van der Waals surface area (Å²) in [5.41, 5.74) is 4.91. The fraction of sp³-hybridized carbons (Fsp3) is 0.800. The monoisotopic (exact) mass is 151 g/mol. The lowest BCUT2D eigenvalue weighted by Gasteiger charge is -2.28. The van der Waals surface area contributed by atoms with E-state index < -0.39 is 0 Å². The smallest absolute Gasteiger partial charge is 0.220 e. The molecule has 0 aliphatic heterocycles. The lowest BCUT2D eigenvalue weighted by Crippen LogP contribution is -2.37. The highest BCUT2D eigenvalue weighted by molar-refractivity contribution is 5.85. The van der Waals surface area contributed by atoms with Gasteiger partial charge in [0.05, 0.1) is 6.10 Å². The van der Waals surface area contributed by atoms with Crippen LogP contribution in [0.4, 0.5) is 0 Å². The first-order valence-corrected chi connectivity index (χ1v) is 2.67. The summed E-state index contributed by atoms with van der Waals surface area (Å²) in [6, 6.07) is 0. The van der Waals surface area contributed by atoms with E-state index >= 15 is 0 Å². The molecule has 0 aromatic heterocycles. The van der Waals surface area contributed by atoms with Gasteiger partial charge in [-0.3, -0.25) is 4.79 Å². The lowest BCUT2D eigenvalue weighted by molar-refractivity contribution is -0.128. The standard InChI is InChI=1S/C5H9NO2.ClH/c6-5(8)3-1-4(7)2-3;/h3-4,7H,1-2H2,(H2,6,8);1H. The first kappa shape index (κ1) is 8.72. The molecule has 1 aliphatic rings. The van der Waals surface area contributed by atoms with Crippen LogP contribution in [0.2, 0.25) is 0 Å². The van der Waals surface area contributed by atoms with Crippen LogP contribution in [0.5, 0.6) is 0 Å². The number of carbonyl (C=O) groups is 1. The molecule has 0 heterocycles. The molecule has 0 aromatic rings. The Kier molecular flexibility index (Phi) is 2.94. The zero-order chi connectivity index (χ0) is 6.15. The van der Waals surface area contributed by atoms with Crippen LogP contribution in [-0.2, 0) is 4.79 Å². The molecule has 1 saturated carbocycles. The average Bonchev–Trinajstić information content (AvgIpc) is 1.57. The van der Waals surface area contributed by atoms with Crippen LogP contribution in [0.1, 0.15) is 12.8 Å². The van der Waals surface area contributed by atoms with Gasteiger partial charge in [0.25, 0.3) is 0 Å². The average molecular weight is 152 g/mol. The van der Waals surface area contributed by atoms with E-state index in [2.05, 4.69) is 0 Å². The minimum Gasteiger partial charge on any atom is -0.393 e. The van der Waals surface area contributed by atoms with Crippen LogP contribution in [0.25, 0.3) is 0 Å². The van der Waals surface area contributed by atoms with Crippen molar-refractivity contribution in [1.29, 1.82) is 0 Å². The Morgan fingerprint density at radius 1 is 1.56 bits per heavy atom. The number of aliphatic hydroxyl groups is 1. The van der Waals surface area contributed by atoms with Crippen LogP contribution in [-0.4, -0.2) is 17.1 Å². The molecule has 0 saturated heterocycles. The molecule has 9 heavy (non-hydrogen) atoms. The van der Waals surface area contributed by atoms with Crippen LogP contribution in [0.15, 0.2) is 0 Å². The summed E-state index contributed by atoms with van der Waals surface area (Å²) in [5.74, 6) is -0.333. The molecule has 4 heteroatoms. The third kappa shape index (κ3) is 1.84. The Balaban J connectivity index is 0.000000640. The third-order valence-electron chi connectivity index (χ3n) is 1.52. The van der Waals surface area contributed by atoms with E-state index in [0.717, 1.165) is 0 Å². The van der Waals surface area contributed by atoms with Crippen LogP contribution in [0, 0.1) is 5.92 Å². The summed E-state index contributed by atoms with van der Waals surface area (Å²) in [5, 5.41) is 8.66. The Morgan fingerprint density at radius 3 is 2.11 bits per heavy atom. The van der Waals surface area contributed by atoms with Gasteiger partial charge in [-0.15, -0.1) is 12.4 Å². The van der Waals surface area contributed by atoms with Crippen LogP contribution < -0.4 is 5.73 Å². The summed E-state index contributed by atoms with van der Waals surface area (Å²) < 4.78 is 0. The van der Waals surface area contributed by atoms with Crippen molar-refractivity contribution in [3.63, 3.8) is 0 Å². The van der Waals surface area contributed by atoms with Gasteiger partial charge >= 0.3 is 0 Å². The molecular formula is C5H10ClNO2. The van der Waals surface area contributed by atoms with Crippen molar-refractivity contribution in [2.24, 2.45) is 11.7 Å². The van der Waals surface area contributed by atoms with Crippen molar-refractivity contribution in [3.05, 3.63) is 0 Å². The van der Waals surface area contributed by atoms with Gasteiger partial charge in [-0.05, 0) is 12.8 Å². The van der Waals surface area contributed by atoms with Crippen molar-refractivity contribution in [3.8, 4) is 0 Å². The third-order valence-corrected chi connectivity index (χ3v) is 1.52. The maximum absolute atomic E-state index is 10.2. The molecule has 0 atom stereocenters. The minimum atomic E-state index is -0.282. The van der Waals surface area contributed by atoms with Crippen LogP contribution >= 0.6 is 12.4 Å². The molecule has 1 aliphatic carbocycles. The summed E-state index contributed by atoms with van der Waals surface area (Å²) in [7, 11) is 0. The van der Waals surface area contributed by atoms with Crippen molar-refractivity contribution in [1.82, 2.24) is 0 Å². The molecular weight excluding hydrogens is 142 g/mol. The summed E-state index contributed by atoms with van der Waals surface area (Å²) in [6.07, 6.45) is 0.859. The fourth-order valence-corrected chi connectivity index (χ4v) is 0.820. The van der Waals surface area contributed by atoms with E-state index in [4.69, 9.17) is 10.8 Å². The molecule has 1 amide bonds. The number of nitrogens with two attached hydrogens (primary N) is 1. The molecule has 0 spiro atoms. The number of halogens is 1. The Labute approximate surface area is 59.6 Å². The number of rotatable bonds is 1. The number of amides is 1. The van der Waals surface area contributed by atoms with E-state index in [1.807, 2.05) is 0 Å². The predicted molar refractivity (Wildman–Crippen MR) is 35.2 cm³/mol. The first-order valence-electron chi connectivity index (χ1n) is 2.67. The quantitative estimate of drug-likeness (QED) is 0.539. The highest BCUT2D eigenvalue weighted by Gasteiger charge is 2.31. The Morgan fingerprint density at radius 2 is 2.00 bits per heavy atom. The van der Waals surface area contributed by atoms with Crippen molar-refractivity contribution in [2.75, 3.05) is 0 Å². The van der Waals surface area contributed by atoms with Gasteiger partial charge in [-0.25, -0.2) is 0 Å². The summed E-state index contributed by atoms with van der Waals surface area (Å²) in [4.78, 5) is 10.2. The molecule has 0 unspecified atom stereocenters. The second kappa shape index (κ2) is 3.03. The number of aliphatic hydroxyl groups excluding tert-OH is 1. The van der Waals surface area contributed by atoms with E-state index in [9.17, 15) is 4.79 Å². The number of hydrogen-bond donors (Lipinski definition) is 2. The second-order valence-electron chi connectivity index (χ2n) is 2.22. The number of primary amides is 1. The van der Waals surface area contributed by atoms with Gasteiger partial charge in [0, 0.05) is 5.92 Å². The van der Waals surface area contributed by atoms with E-state index in [1.165, 1.54) is 0 Å². The lowest BCUT2D eigenvalue weighted by atomic mass is 9.82. The first-order chi connectivity index (χ1) is 3.70. The van der Waals surface area contributed by atoms with Crippen LogP contribution in [0.3, 0.4) is 0 Å². The molecule has 0 aromatic carbocycles. The Hall–Kier alpha value is -0.280. The van der Waals surface area contributed by atoms with Gasteiger partial charge in [-0.2, -0.15) is 0 Å². The summed E-state index contributed by atoms with van der Waals surface area (Å²) >= 11 is 0. The second-order valence-corrected chi connectivity index (χ2v) is 2.22. The fourth-order valence-electron chi connectivity index (χ4n) is 0.820. The van der Waals surface area contributed by atoms with Gasteiger partial charge < -0.3 is 10.8 Å². The SMILES string of the molecule is Cl.NC(=O)C1CC(O)C1. The number of carbonyl (C=O) groups excluding carboxylic acids is 1. The normalized spacial score (nSPS) is 32.1. The molecule has 54 valence electrons. The van der Waals surface area contributed by atoms with Crippen molar-refractivity contribution < 1.29 is 9.90 Å². The van der Waals surface area contributed by atoms with Crippen molar-refractivity contribution >= 4 is 18.3 Å². The Bertz CT molecular complexity index is 112. The molecule has 3 nitrogen and oxygen atoms in total. The van der Waals surface area contributed by atoms with Crippen molar-refractivity contribution in [2.45, 2.75) is 18.9 Å². The minimum absolute atomic E-state index is 0. The molecule has 1 fully saturated rings. The van der Waals surface area contributed by atoms with Gasteiger partial charge in [0.2, 0.25) is 5.91 Å². The van der Waals surface area contributed by atoms with E-state index in [0.29, 0.717) is 12.8 Å². The number of hydrogen-bond acceptors (Lipinski definition) is 2. The molecule has 0 bridgehead atoms. The molecule has 3 N–H and O–H groups in total. The maximum atomic E-state index is 10.2. The highest BCUT2D eigenvalue weighted by atomic mass is 35.5. The van der Waals surface area contributed by atoms with Gasteiger partial charge in [0.15, 0.2) is 0 Å². The summed E-state index contributed by atoms with van der Waals surface area (Å²) in [6.45, 7) is 0. The highest BCUT2D eigenvalue weighted by Crippen LogP contribution is 2.25. The van der Waals surface area contributed by atoms with Gasteiger partial charge in [0.1, 0.15) is 0 Å². The maximum Gasteiger partial charge on any atom is 0.220 e. The largest absolute Gasteiger partial charge is 0.393 e. The predicted octanol–water partition coefficient (Wildman–Crippen LogP) is -0.336. The molecule has 1 rings (SSSR count). The topological polar surface area (TPSA) is 63.3 Å². The zero-order valence-electron chi connectivity index (χ0n) is 4.91. The van der Waals surface area contributed by atoms with E-state index in [1.54, 1.807) is 0 Å². The van der Waals surface area contributed by atoms with E-state index in [-0.39, 0.29) is 30.3 Å². The zero-order valence-corrected chi connectivity index (χ0v) is 5.73. The van der Waals surface area contributed by atoms with Gasteiger partial charge in [-0.1, -0.05) is 0 Å². The molecule has 0 radical (unpaired) electrons.